The van der Waals surface area contributed by atoms with Gasteiger partial charge in [-0.25, -0.2) is 9.78 Å². The molecule has 2 aliphatic heterocycles. The number of ether oxygens (including phenoxy) is 2. The number of esters is 2. The number of nitrogen functional groups attached to an aromatic ring is 1. The monoisotopic (exact) mass is 468 g/mol. The van der Waals surface area contributed by atoms with E-state index in [4.69, 9.17) is 15.2 Å². The molecule has 0 aliphatic carbocycles. The molecule has 3 heterocycles. The molecule has 2 amide bonds. The van der Waals surface area contributed by atoms with Gasteiger partial charge in [0.2, 0.25) is 12.7 Å². The zero-order valence-corrected chi connectivity index (χ0v) is 19.2. The number of nitrogens with zero attached hydrogens (tertiary/aromatic N) is 2. The zero-order chi connectivity index (χ0) is 22.9. The normalized spacial score (nSPS) is 22.7. The number of aromatic nitrogens is 1. The number of carbonyl (C=O) groups excluding carboxylic acids is 4. The van der Waals surface area contributed by atoms with Crippen molar-refractivity contribution in [2.45, 2.75) is 50.8 Å². The predicted octanol–water partition coefficient (Wildman–Crippen LogP) is 1.03. The van der Waals surface area contributed by atoms with Crippen LogP contribution in [0.5, 0.6) is 0 Å². The van der Waals surface area contributed by atoms with Crippen LogP contribution in [0.1, 0.15) is 33.4 Å². The molecule has 10 nitrogen and oxygen atoms in total. The summed E-state index contributed by atoms with van der Waals surface area (Å²) in [6.45, 7) is 6.37. The second-order valence-electron chi connectivity index (χ2n) is 8.12. The Bertz CT molecular complexity index is 938. The Morgan fingerprint density at radius 2 is 2.00 bits per heavy atom. The van der Waals surface area contributed by atoms with Gasteiger partial charge in [0.15, 0.2) is 5.13 Å². The second kappa shape index (κ2) is 8.87. The molecule has 12 heteroatoms. The highest BCUT2D eigenvalue weighted by molar-refractivity contribution is 8.00. The molecule has 168 valence electrons. The van der Waals surface area contributed by atoms with E-state index in [0.29, 0.717) is 10.8 Å². The predicted molar refractivity (Wildman–Crippen MR) is 114 cm³/mol. The van der Waals surface area contributed by atoms with Crippen LogP contribution in [0.15, 0.2) is 17.2 Å². The first-order valence-electron chi connectivity index (χ1n) is 9.51. The summed E-state index contributed by atoms with van der Waals surface area (Å²) in [7, 11) is 0. The SMILES string of the molecule is CC1C=C(C(=O)OCOC(=O)C(C)(C)C)N2C(=O)C(NC(=O)Cc3csc(N)n3)[C@H]2S1. The van der Waals surface area contributed by atoms with E-state index in [2.05, 4.69) is 10.3 Å². The van der Waals surface area contributed by atoms with E-state index in [9.17, 15) is 19.2 Å². The summed E-state index contributed by atoms with van der Waals surface area (Å²) >= 11 is 2.68. The van der Waals surface area contributed by atoms with Gasteiger partial charge in [0.25, 0.3) is 5.91 Å². The molecule has 0 saturated carbocycles. The quantitative estimate of drug-likeness (QED) is 0.356. The van der Waals surface area contributed by atoms with Crippen molar-refractivity contribution in [3.63, 3.8) is 0 Å². The summed E-state index contributed by atoms with van der Waals surface area (Å²) in [5.41, 5.74) is 5.45. The lowest BCUT2D eigenvalue weighted by molar-refractivity contribution is -0.173. The Morgan fingerprint density at radius 1 is 1.29 bits per heavy atom. The number of β-lactam (4-membered cyclic amide) rings is 1. The Balaban J connectivity index is 1.58. The summed E-state index contributed by atoms with van der Waals surface area (Å²) in [5.74, 6) is -2.05. The van der Waals surface area contributed by atoms with E-state index in [1.807, 2.05) is 6.92 Å². The maximum Gasteiger partial charge on any atom is 0.357 e. The van der Waals surface area contributed by atoms with Crippen LogP contribution in [-0.2, 0) is 35.1 Å². The number of hydrogen-bond donors (Lipinski definition) is 2. The van der Waals surface area contributed by atoms with Crippen molar-refractivity contribution in [3.05, 3.63) is 22.8 Å². The summed E-state index contributed by atoms with van der Waals surface area (Å²) in [6.07, 6.45) is 1.62. The smallest absolute Gasteiger partial charge is 0.357 e. The minimum absolute atomic E-state index is 0.00824. The van der Waals surface area contributed by atoms with Crippen molar-refractivity contribution in [3.8, 4) is 0 Å². The molecule has 2 unspecified atom stereocenters. The van der Waals surface area contributed by atoms with Crippen molar-refractivity contribution in [2.75, 3.05) is 12.5 Å². The van der Waals surface area contributed by atoms with Gasteiger partial charge in [0.05, 0.1) is 17.5 Å². The maximum atomic E-state index is 12.7. The van der Waals surface area contributed by atoms with Gasteiger partial charge in [0, 0.05) is 10.6 Å². The number of carbonyl (C=O) groups is 4. The first-order chi connectivity index (χ1) is 14.5. The first kappa shape index (κ1) is 23.1. The molecule has 0 spiro atoms. The second-order valence-corrected chi connectivity index (χ2v) is 10.5. The fourth-order valence-corrected chi connectivity index (χ4v) is 4.83. The van der Waals surface area contributed by atoms with Gasteiger partial charge >= 0.3 is 11.9 Å². The fraction of sp³-hybridized carbons (Fsp3) is 0.526. The first-order valence-corrected chi connectivity index (χ1v) is 11.3. The third-order valence-electron chi connectivity index (χ3n) is 4.48. The van der Waals surface area contributed by atoms with Gasteiger partial charge in [-0.05, 0) is 33.8 Å². The highest BCUT2D eigenvalue weighted by atomic mass is 32.2. The van der Waals surface area contributed by atoms with Gasteiger partial charge in [-0.15, -0.1) is 23.1 Å². The van der Waals surface area contributed by atoms with Gasteiger partial charge in [0.1, 0.15) is 17.1 Å². The number of thiazole rings is 1. The Morgan fingerprint density at radius 3 is 2.61 bits per heavy atom. The topological polar surface area (TPSA) is 141 Å². The molecule has 3 atom stereocenters. The summed E-state index contributed by atoms with van der Waals surface area (Å²) in [5, 5.41) is 4.23. The number of thioether (sulfide) groups is 1. The number of hydrogen-bond acceptors (Lipinski definition) is 10. The van der Waals surface area contributed by atoms with Gasteiger partial charge in [-0.2, -0.15) is 0 Å². The van der Waals surface area contributed by atoms with Gasteiger partial charge in [-0.1, -0.05) is 0 Å². The standard InChI is InChI=1S/C19H24N4O6S2/c1-9-5-11(16(26)28-8-29-17(27)19(2,3)4)23-14(25)13(15(23)31-9)22-12(24)6-10-7-30-18(20)21-10/h5,7,9,13,15H,6,8H2,1-4H3,(H2,20,21)(H,22,24)/t9?,13?,15-/m1/s1. The molecule has 0 radical (unpaired) electrons. The number of anilines is 1. The molecule has 3 rings (SSSR count). The average Bonchev–Trinajstić information content (AvgIpc) is 3.08. The van der Waals surface area contributed by atoms with E-state index >= 15 is 0 Å². The largest absolute Gasteiger partial charge is 0.427 e. The number of amides is 2. The lowest BCUT2D eigenvalue weighted by Gasteiger charge is -2.49. The van der Waals surface area contributed by atoms with Crippen LogP contribution in [0.25, 0.3) is 0 Å². The molecular weight excluding hydrogens is 444 g/mol. The Kier molecular flexibility index (Phi) is 6.60. The molecule has 1 saturated heterocycles. The van der Waals surface area contributed by atoms with E-state index in [1.54, 1.807) is 32.2 Å². The summed E-state index contributed by atoms with van der Waals surface area (Å²) < 4.78 is 9.98. The fourth-order valence-electron chi connectivity index (χ4n) is 2.94. The molecule has 1 aromatic rings. The van der Waals surface area contributed by atoms with E-state index in [-0.39, 0.29) is 23.3 Å². The lowest BCUT2D eigenvalue weighted by atomic mass is 9.98. The Hall–Kier alpha value is -2.60. The summed E-state index contributed by atoms with van der Waals surface area (Å²) in [4.78, 5) is 54.6. The molecule has 2 aliphatic rings. The number of nitrogens with two attached hydrogens (primary N) is 1. The van der Waals surface area contributed by atoms with E-state index in [0.717, 1.165) is 0 Å². The third kappa shape index (κ3) is 5.18. The van der Waals surface area contributed by atoms with E-state index in [1.165, 1.54) is 28.0 Å². The van der Waals surface area contributed by atoms with Gasteiger partial charge < -0.3 is 20.5 Å². The molecule has 0 aromatic carbocycles. The minimum Gasteiger partial charge on any atom is -0.427 e. The number of nitrogens with one attached hydrogen (secondary N) is 1. The van der Waals surface area contributed by atoms with Crippen molar-refractivity contribution in [1.29, 1.82) is 0 Å². The number of rotatable bonds is 6. The summed E-state index contributed by atoms with van der Waals surface area (Å²) in [6, 6.07) is -0.758. The average molecular weight is 469 g/mol. The van der Waals surface area contributed by atoms with Gasteiger partial charge in [-0.3, -0.25) is 19.3 Å². The molecular formula is C19H24N4O6S2. The van der Waals surface area contributed by atoms with Crippen LogP contribution in [0.2, 0.25) is 0 Å². The van der Waals surface area contributed by atoms with Crippen LogP contribution in [0.4, 0.5) is 5.13 Å². The Labute approximate surface area is 187 Å². The minimum atomic E-state index is -0.769. The lowest BCUT2D eigenvalue weighted by Crippen LogP contribution is -2.70. The number of fused-ring (bicyclic) bond motifs is 1. The maximum absolute atomic E-state index is 12.7. The van der Waals surface area contributed by atoms with Crippen LogP contribution < -0.4 is 11.1 Å². The zero-order valence-electron chi connectivity index (χ0n) is 17.5. The van der Waals surface area contributed by atoms with Crippen LogP contribution >= 0.6 is 23.1 Å². The van der Waals surface area contributed by atoms with Crippen molar-refractivity contribution in [2.24, 2.45) is 5.41 Å². The van der Waals surface area contributed by atoms with E-state index < -0.39 is 41.5 Å². The molecule has 0 bridgehead atoms. The highest BCUT2D eigenvalue weighted by Crippen LogP contribution is 2.41. The molecule has 31 heavy (non-hydrogen) atoms. The van der Waals surface area contributed by atoms with Crippen LogP contribution in [0, 0.1) is 5.41 Å². The van der Waals surface area contributed by atoms with Crippen LogP contribution in [-0.4, -0.2) is 57.1 Å². The molecule has 1 fully saturated rings. The molecule has 3 N–H and O–H groups in total. The van der Waals surface area contributed by atoms with Crippen molar-refractivity contribution < 1.29 is 28.7 Å². The third-order valence-corrected chi connectivity index (χ3v) is 6.53. The van der Waals surface area contributed by atoms with Crippen molar-refractivity contribution >= 4 is 52.0 Å². The molecule has 1 aromatic heterocycles. The highest BCUT2D eigenvalue weighted by Gasteiger charge is 2.54. The van der Waals surface area contributed by atoms with Crippen LogP contribution in [0.3, 0.4) is 0 Å². The van der Waals surface area contributed by atoms with Crippen molar-refractivity contribution in [1.82, 2.24) is 15.2 Å².